The lowest BCUT2D eigenvalue weighted by atomic mass is 9.48. The first-order valence-corrected chi connectivity index (χ1v) is 13.8. The van der Waals surface area contributed by atoms with Crippen molar-refractivity contribution in [2.45, 2.75) is 64.3 Å². The van der Waals surface area contributed by atoms with E-state index in [1.54, 1.807) is 0 Å². The molecule has 1 saturated heterocycles. The minimum atomic E-state index is -0.218. The average molecular weight is 488 g/mol. The zero-order valence-electron chi connectivity index (χ0n) is 20.6. The lowest BCUT2D eigenvalue weighted by molar-refractivity contribution is -0.123. The number of amides is 2. The predicted octanol–water partition coefficient (Wildman–Crippen LogP) is 7.10. The molecule has 4 bridgehead atoms. The normalized spacial score (nSPS) is 30.5. The topological polar surface area (TPSA) is 46.6 Å². The van der Waals surface area contributed by atoms with Crippen LogP contribution < -0.4 is 4.74 Å². The van der Waals surface area contributed by atoms with Gasteiger partial charge in [0.15, 0.2) is 0 Å². The number of benzene rings is 2. The molecule has 1 aliphatic heterocycles. The maximum Gasteiger partial charge on any atom is 0.293 e. The molecule has 0 radical (unpaired) electrons. The van der Waals surface area contributed by atoms with Crippen molar-refractivity contribution in [2.75, 3.05) is 6.61 Å². The van der Waals surface area contributed by atoms with E-state index in [1.165, 1.54) is 49.0 Å². The van der Waals surface area contributed by atoms with Gasteiger partial charge in [-0.25, -0.2) is 0 Å². The third kappa shape index (κ3) is 4.22. The van der Waals surface area contributed by atoms with E-state index in [-0.39, 0.29) is 16.6 Å². The van der Waals surface area contributed by atoms with Gasteiger partial charge in [0.25, 0.3) is 11.1 Å². The second-order valence-corrected chi connectivity index (χ2v) is 12.1. The number of nitrogens with zero attached hydrogens (tertiary/aromatic N) is 1. The summed E-state index contributed by atoms with van der Waals surface area (Å²) in [7, 11) is 0. The van der Waals surface area contributed by atoms with Crippen LogP contribution in [0.5, 0.6) is 5.75 Å². The SMILES string of the molecule is CCOc1ccc(C23CC4CC(CC(C4)C2)C3)cc1/C=C1/SC(=O)N(Cc2cccc(C)c2)C1=O. The summed E-state index contributed by atoms with van der Waals surface area (Å²) in [4.78, 5) is 27.9. The van der Waals surface area contributed by atoms with Gasteiger partial charge in [-0.3, -0.25) is 14.5 Å². The van der Waals surface area contributed by atoms with Crippen LogP contribution in [0.3, 0.4) is 0 Å². The van der Waals surface area contributed by atoms with Crippen LogP contribution in [-0.4, -0.2) is 22.7 Å². The molecule has 5 heteroatoms. The van der Waals surface area contributed by atoms with E-state index in [4.69, 9.17) is 4.74 Å². The zero-order valence-corrected chi connectivity index (χ0v) is 21.4. The fourth-order valence-corrected chi connectivity index (χ4v) is 8.34. The van der Waals surface area contributed by atoms with Gasteiger partial charge in [0.05, 0.1) is 18.1 Å². The first kappa shape index (κ1) is 22.9. The van der Waals surface area contributed by atoms with Crippen LogP contribution in [0.4, 0.5) is 4.79 Å². The van der Waals surface area contributed by atoms with E-state index in [9.17, 15) is 9.59 Å². The molecular weight excluding hydrogens is 454 g/mol. The van der Waals surface area contributed by atoms with Gasteiger partial charge in [-0.15, -0.1) is 0 Å². The second-order valence-electron chi connectivity index (χ2n) is 11.1. The number of aryl methyl sites for hydroxylation is 1. The number of hydrogen-bond acceptors (Lipinski definition) is 4. The predicted molar refractivity (Wildman–Crippen MR) is 140 cm³/mol. The number of ether oxygens (including phenoxy) is 1. The molecule has 0 aromatic heterocycles. The van der Waals surface area contributed by atoms with Crippen LogP contribution in [0.1, 0.15) is 67.7 Å². The summed E-state index contributed by atoms with van der Waals surface area (Å²) in [6.45, 7) is 4.86. The highest BCUT2D eigenvalue weighted by Gasteiger charge is 2.51. The van der Waals surface area contributed by atoms with Crippen LogP contribution in [-0.2, 0) is 16.8 Å². The zero-order chi connectivity index (χ0) is 24.2. The number of rotatable bonds is 6. The standard InChI is InChI=1S/C30H33NO3S/c1-3-34-26-8-7-25(30-15-21-10-22(16-30)12-23(11-21)17-30)13-24(26)14-27-28(32)31(29(33)35-27)18-20-6-4-5-19(2)9-20/h4-9,13-14,21-23H,3,10-12,15-18H2,1-2H3/b27-14+. The van der Waals surface area contributed by atoms with Gasteiger partial charge in [0.2, 0.25) is 0 Å². The molecule has 35 heavy (non-hydrogen) atoms. The van der Waals surface area contributed by atoms with Gasteiger partial charge in [0, 0.05) is 5.56 Å². The summed E-state index contributed by atoms with van der Waals surface area (Å²) >= 11 is 1.04. The lowest BCUT2D eigenvalue weighted by Gasteiger charge is -2.57. The van der Waals surface area contributed by atoms with Crippen LogP contribution in [0.2, 0.25) is 0 Å². The summed E-state index contributed by atoms with van der Waals surface area (Å²) in [5, 5.41) is -0.210. The molecular formula is C30H33NO3S. The third-order valence-corrected chi connectivity index (χ3v) is 9.45. The van der Waals surface area contributed by atoms with Crippen molar-refractivity contribution in [3.05, 3.63) is 69.6 Å². The maximum absolute atomic E-state index is 13.3. The number of carbonyl (C=O) groups excluding carboxylic acids is 2. The number of thioether (sulfide) groups is 1. The van der Waals surface area contributed by atoms with Crippen LogP contribution in [0, 0.1) is 24.7 Å². The first-order chi connectivity index (χ1) is 16.9. The van der Waals surface area contributed by atoms with Crippen LogP contribution in [0.25, 0.3) is 6.08 Å². The number of hydrogen-bond donors (Lipinski definition) is 0. The van der Waals surface area contributed by atoms with Gasteiger partial charge in [0.1, 0.15) is 5.75 Å². The van der Waals surface area contributed by atoms with Crippen molar-refractivity contribution in [2.24, 2.45) is 17.8 Å². The molecule has 0 N–H and O–H groups in total. The van der Waals surface area contributed by atoms with Gasteiger partial charge in [-0.1, -0.05) is 35.9 Å². The fourth-order valence-electron chi connectivity index (χ4n) is 7.51. The highest BCUT2D eigenvalue weighted by atomic mass is 32.2. The Morgan fingerprint density at radius 3 is 2.40 bits per heavy atom. The molecule has 0 atom stereocenters. The van der Waals surface area contributed by atoms with Gasteiger partial charge < -0.3 is 4.74 Å². The molecule has 1 heterocycles. The molecule has 4 saturated carbocycles. The quantitative estimate of drug-likeness (QED) is 0.408. The Hall–Kier alpha value is -2.53. The Bertz CT molecular complexity index is 1180. The van der Waals surface area contributed by atoms with Crippen molar-refractivity contribution in [3.63, 3.8) is 0 Å². The molecule has 2 amide bonds. The summed E-state index contributed by atoms with van der Waals surface area (Å²) < 4.78 is 5.96. The minimum absolute atomic E-state index is 0.210. The Morgan fingerprint density at radius 1 is 1.03 bits per heavy atom. The van der Waals surface area contributed by atoms with Crippen molar-refractivity contribution in [1.82, 2.24) is 4.90 Å². The van der Waals surface area contributed by atoms with E-state index in [0.29, 0.717) is 18.1 Å². The number of imide groups is 1. The summed E-state index contributed by atoms with van der Waals surface area (Å²) in [5.41, 5.74) is 4.67. The van der Waals surface area contributed by atoms with E-state index >= 15 is 0 Å². The van der Waals surface area contributed by atoms with E-state index in [0.717, 1.165) is 52.0 Å². The van der Waals surface area contributed by atoms with Crippen molar-refractivity contribution < 1.29 is 14.3 Å². The average Bonchev–Trinajstić information content (AvgIpc) is 3.07. The highest BCUT2D eigenvalue weighted by Crippen LogP contribution is 2.61. The second kappa shape index (κ2) is 8.85. The van der Waals surface area contributed by atoms with E-state index in [2.05, 4.69) is 18.2 Å². The molecule has 4 aliphatic carbocycles. The van der Waals surface area contributed by atoms with Crippen molar-refractivity contribution in [1.29, 1.82) is 0 Å². The first-order valence-electron chi connectivity index (χ1n) is 13.0. The summed E-state index contributed by atoms with van der Waals surface area (Å²) in [6, 6.07) is 14.6. The summed E-state index contributed by atoms with van der Waals surface area (Å²) in [6.07, 6.45) is 10.0. The van der Waals surface area contributed by atoms with Crippen LogP contribution >= 0.6 is 11.8 Å². The third-order valence-electron chi connectivity index (χ3n) is 8.54. The fraction of sp³-hybridized carbons (Fsp3) is 0.467. The Morgan fingerprint density at radius 2 is 1.74 bits per heavy atom. The highest BCUT2D eigenvalue weighted by molar-refractivity contribution is 8.18. The molecule has 5 fully saturated rings. The van der Waals surface area contributed by atoms with Crippen LogP contribution in [0.15, 0.2) is 47.4 Å². The van der Waals surface area contributed by atoms with Crippen molar-refractivity contribution in [3.8, 4) is 5.75 Å². The van der Waals surface area contributed by atoms with E-state index in [1.807, 2.05) is 44.2 Å². The molecule has 4 nitrogen and oxygen atoms in total. The molecule has 7 rings (SSSR count). The maximum atomic E-state index is 13.3. The Kier molecular flexibility index (Phi) is 5.79. The number of carbonyl (C=O) groups is 2. The molecule has 0 unspecified atom stereocenters. The smallest absolute Gasteiger partial charge is 0.293 e. The summed E-state index contributed by atoms with van der Waals surface area (Å²) in [5.74, 6) is 3.17. The monoisotopic (exact) mass is 487 g/mol. The molecule has 2 aromatic rings. The molecule has 0 spiro atoms. The minimum Gasteiger partial charge on any atom is -0.493 e. The van der Waals surface area contributed by atoms with Gasteiger partial charge >= 0.3 is 0 Å². The van der Waals surface area contributed by atoms with Gasteiger partial charge in [-0.2, -0.15) is 0 Å². The van der Waals surface area contributed by atoms with Gasteiger partial charge in [-0.05, 0) is 117 Å². The van der Waals surface area contributed by atoms with E-state index < -0.39 is 0 Å². The lowest BCUT2D eigenvalue weighted by Crippen LogP contribution is -2.48. The largest absolute Gasteiger partial charge is 0.493 e. The Labute approximate surface area is 212 Å². The molecule has 182 valence electrons. The van der Waals surface area contributed by atoms with Crippen molar-refractivity contribution >= 4 is 29.0 Å². The molecule has 5 aliphatic rings. The Balaban J connectivity index is 1.31. The molecule has 2 aromatic carbocycles.